The Morgan fingerprint density at radius 2 is 1.65 bits per heavy atom. The van der Waals surface area contributed by atoms with Crippen molar-refractivity contribution in [2.75, 3.05) is 18.1 Å². The minimum atomic E-state index is -1.01. The van der Waals surface area contributed by atoms with Crippen molar-refractivity contribution in [2.24, 2.45) is 0 Å². The van der Waals surface area contributed by atoms with Gasteiger partial charge in [0, 0.05) is 12.6 Å². The van der Waals surface area contributed by atoms with Crippen LogP contribution in [0.4, 0.5) is 0 Å². The van der Waals surface area contributed by atoms with Gasteiger partial charge in [-0.3, -0.25) is 0 Å². The summed E-state index contributed by atoms with van der Waals surface area (Å²) in [5.41, 5.74) is 0. The normalized spacial score (nSPS) is 30.6. The van der Waals surface area contributed by atoms with Gasteiger partial charge in [0.05, 0.1) is 12.2 Å². The number of piperidine rings is 1. The molecule has 1 saturated heterocycles. The summed E-state index contributed by atoms with van der Waals surface area (Å²) in [4.78, 5) is 0. The molecule has 0 aliphatic carbocycles. The average Bonchev–Trinajstić information content (AvgIpc) is 2.45. The topological polar surface area (TPSA) is 72.7 Å². The molecular weight excluding hydrogens is 274 g/mol. The molecule has 4 N–H and O–H groups in total. The molecular formula is C15H31NO3S. The Bertz CT molecular complexity index is 243. The van der Waals surface area contributed by atoms with E-state index in [1.807, 2.05) is 11.8 Å². The number of nitrogens with one attached hydrogen (secondary N) is 1. The van der Waals surface area contributed by atoms with Crippen molar-refractivity contribution in [3.05, 3.63) is 0 Å². The highest BCUT2D eigenvalue weighted by Crippen LogP contribution is 2.16. The van der Waals surface area contributed by atoms with Gasteiger partial charge in [0.15, 0.2) is 0 Å². The predicted octanol–water partition coefficient (Wildman–Crippen LogP) is 1.52. The molecule has 20 heavy (non-hydrogen) atoms. The van der Waals surface area contributed by atoms with Crippen LogP contribution in [0.15, 0.2) is 0 Å². The second-order valence-electron chi connectivity index (χ2n) is 5.73. The maximum Gasteiger partial charge on any atom is 0.108 e. The maximum atomic E-state index is 9.85. The van der Waals surface area contributed by atoms with Crippen LogP contribution in [-0.4, -0.2) is 57.7 Å². The summed E-state index contributed by atoms with van der Waals surface area (Å²) in [5.74, 6) is 2.17. The van der Waals surface area contributed by atoms with E-state index in [4.69, 9.17) is 0 Å². The molecule has 4 nitrogen and oxygen atoms in total. The summed E-state index contributed by atoms with van der Waals surface area (Å²) in [7, 11) is 0. The minimum absolute atomic E-state index is 0.0922. The van der Waals surface area contributed by atoms with E-state index in [-0.39, 0.29) is 6.04 Å². The molecule has 120 valence electrons. The molecule has 1 aliphatic heterocycles. The van der Waals surface area contributed by atoms with Gasteiger partial charge in [-0.15, -0.1) is 0 Å². The van der Waals surface area contributed by atoms with Gasteiger partial charge in [-0.1, -0.05) is 39.0 Å². The standard InChI is InChI=1S/C15H31NO3S/c1-2-3-4-5-6-7-9-20-10-8-12-14(18)15(19)13(17)11-16-12/h12-19H,2-11H2,1H3/t12-,13-,14+,15+/m1/s1. The van der Waals surface area contributed by atoms with Crippen LogP contribution in [0.25, 0.3) is 0 Å². The monoisotopic (exact) mass is 305 g/mol. The lowest BCUT2D eigenvalue weighted by Crippen LogP contribution is -2.59. The average molecular weight is 305 g/mol. The van der Waals surface area contributed by atoms with Crippen LogP contribution in [0, 0.1) is 0 Å². The minimum Gasteiger partial charge on any atom is -0.389 e. The van der Waals surface area contributed by atoms with E-state index in [2.05, 4.69) is 12.2 Å². The van der Waals surface area contributed by atoms with Crippen LogP contribution in [0.3, 0.4) is 0 Å². The van der Waals surface area contributed by atoms with E-state index >= 15 is 0 Å². The van der Waals surface area contributed by atoms with Gasteiger partial charge in [-0.25, -0.2) is 0 Å². The Balaban J connectivity index is 1.96. The first-order chi connectivity index (χ1) is 9.66. The van der Waals surface area contributed by atoms with Gasteiger partial charge in [0.2, 0.25) is 0 Å². The van der Waals surface area contributed by atoms with Gasteiger partial charge >= 0.3 is 0 Å². The molecule has 4 atom stereocenters. The lowest BCUT2D eigenvalue weighted by atomic mass is 9.94. The highest BCUT2D eigenvalue weighted by Gasteiger charge is 2.35. The summed E-state index contributed by atoms with van der Waals surface area (Å²) >= 11 is 1.92. The number of β-amino-alcohol motifs (C(OH)–C–C–N with tert-alkyl or cyclic N) is 1. The predicted molar refractivity (Wildman–Crippen MR) is 85.1 cm³/mol. The number of hydrogen-bond acceptors (Lipinski definition) is 5. The van der Waals surface area contributed by atoms with Crippen LogP contribution in [0.1, 0.15) is 51.9 Å². The molecule has 0 aromatic rings. The van der Waals surface area contributed by atoms with Gasteiger partial charge in [-0.2, -0.15) is 11.8 Å². The van der Waals surface area contributed by atoms with Crippen molar-refractivity contribution in [1.29, 1.82) is 0 Å². The fraction of sp³-hybridized carbons (Fsp3) is 1.00. The molecule has 1 rings (SSSR count). The fourth-order valence-corrected chi connectivity index (χ4v) is 3.58. The highest BCUT2D eigenvalue weighted by molar-refractivity contribution is 7.99. The zero-order valence-electron chi connectivity index (χ0n) is 12.6. The summed E-state index contributed by atoms with van der Waals surface area (Å²) < 4.78 is 0. The van der Waals surface area contributed by atoms with Gasteiger partial charge < -0.3 is 20.6 Å². The van der Waals surface area contributed by atoms with Crippen molar-refractivity contribution in [3.63, 3.8) is 0 Å². The van der Waals surface area contributed by atoms with Crippen LogP contribution in [0.2, 0.25) is 0 Å². The van der Waals surface area contributed by atoms with Gasteiger partial charge in [0.1, 0.15) is 6.10 Å². The SMILES string of the molecule is CCCCCCCCSCC[C@H]1NC[C@@H](O)[C@H](O)[C@H]1O. The van der Waals surface area contributed by atoms with Crippen LogP contribution in [0.5, 0.6) is 0 Å². The first kappa shape index (κ1) is 18.2. The molecule has 0 bridgehead atoms. The third kappa shape index (κ3) is 6.76. The fourth-order valence-electron chi connectivity index (χ4n) is 2.55. The van der Waals surface area contributed by atoms with Crippen LogP contribution < -0.4 is 5.32 Å². The van der Waals surface area contributed by atoms with Crippen LogP contribution in [-0.2, 0) is 0 Å². The molecule has 5 heteroatoms. The van der Waals surface area contributed by atoms with Crippen molar-refractivity contribution in [2.45, 2.75) is 76.2 Å². The van der Waals surface area contributed by atoms with Crippen molar-refractivity contribution in [1.82, 2.24) is 5.32 Å². The Hall–Kier alpha value is 0.190. The Labute approximate surface area is 127 Å². The van der Waals surface area contributed by atoms with E-state index in [1.54, 1.807) is 0 Å². The van der Waals surface area contributed by atoms with E-state index in [0.717, 1.165) is 12.2 Å². The largest absolute Gasteiger partial charge is 0.389 e. The first-order valence-corrected chi connectivity index (χ1v) is 9.17. The number of aliphatic hydroxyl groups is 3. The number of aliphatic hydroxyl groups excluding tert-OH is 3. The third-order valence-electron chi connectivity index (χ3n) is 3.96. The maximum absolute atomic E-state index is 9.85. The van der Waals surface area contributed by atoms with Crippen molar-refractivity contribution < 1.29 is 15.3 Å². The first-order valence-electron chi connectivity index (χ1n) is 8.02. The third-order valence-corrected chi connectivity index (χ3v) is 5.06. The molecule has 0 saturated carbocycles. The zero-order chi connectivity index (χ0) is 14.8. The van der Waals surface area contributed by atoms with E-state index in [0.29, 0.717) is 6.54 Å². The summed E-state index contributed by atoms with van der Waals surface area (Å²) in [5, 5.41) is 32.0. The number of hydrogen-bond donors (Lipinski definition) is 4. The number of thioether (sulfide) groups is 1. The smallest absolute Gasteiger partial charge is 0.108 e. The second kappa shape index (κ2) is 10.9. The van der Waals surface area contributed by atoms with Crippen LogP contribution >= 0.6 is 11.8 Å². The van der Waals surface area contributed by atoms with Crippen molar-refractivity contribution >= 4 is 11.8 Å². The Kier molecular flexibility index (Phi) is 9.90. The molecule has 0 unspecified atom stereocenters. The molecule has 0 radical (unpaired) electrons. The number of unbranched alkanes of at least 4 members (excludes halogenated alkanes) is 5. The highest BCUT2D eigenvalue weighted by atomic mass is 32.2. The van der Waals surface area contributed by atoms with E-state index in [9.17, 15) is 15.3 Å². The van der Waals surface area contributed by atoms with Gasteiger partial charge in [-0.05, 0) is 24.3 Å². The summed E-state index contributed by atoms with van der Waals surface area (Å²) in [6.45, 7) is 2.60. The Morgan fingerprint density at radius 3 is 2.40 bits per heavy atom. The second-order valence-corrected chi connectivity index (χ2v) is 6.96. The molecule has 1 fully saturated rings. The lowest BCUT2D eigenvalue weighted by molar-refractivity contribution is -0.0941. The quantitative estimate of drug-likeness (QED) is 0.461. The summed E-state index contributed by atoms with van der Waals surface area (Å²) in [6, 6.07) is -0.0922. The lowest BCUT2D eigenvalue weighted by Gasteiger charge is -2.36. The number of rotatable bonds is 10. The zero-order valence-corrected chi connectivity index (χ0v) is 13.4. The molecule has 0 aromatic carbocycles. The Morgan fingerprint density at radius 1 is 0.950 bits per heavy atom. The van der Waals surface area contributed by atoms with Crippen molar-refractivity contribution in [3.8, 4) is 0 Å². The molecule has 0 spiro atoms. The van der Waals surface area contributed by atoms with Gasteiger partial charge in [0.25, 0.3) is 0 Å². The van der Waals surface area contributed by atoms with E-state index < -0.39 is 18.3 Å². The summed E-state index contributed by atoms with van der Waals surface area (Å²) in [6.07, 6.45) is 6.08. The molecule has 1 heterocycles. The molecule has 0 amide bonds. The van der Waals surface area contributed by atoms with E-state index in [1.165, 1.54) is 44.3 Å². The molecule has 0 aromatic heterocycles. The molecule has 1 aliphatic rings.